The van der Waals surface area contributed by atoms with Crippen LogP contribution in [0.15, 0.2) is 65.2 Å². The predicted molar refractivity (Wildman–Crippen MR) is 91.2 cm³/mol. The van der Waals surface area contributed by atoms with Crippen molar-refractivity contribution >= 4 is 34.5 Å². The summed E-state index contributed by atoms with van der Waals surface area (Å²) in [7, 11) is 0. The summed E-state index contributed by atoms with van der Waals surface area (Å²) in [5, 5.41) is 1.03. The topological polar surface area (TPSA) is 30.0 Å². The van der Waals surface area contributed by atoms with Gasteiger partial charge in [-0.3, -0.25) is 9.78 Å². The molecule has 1 aliphatic rings. The van der Waals surface area contributed by atoms with E-state index in [1.807, 2.05) is 36.4 Å². The van der Waals surface area contributed by atoms with Gasteiger partial charge in [0.2, 0.25) is 0 Å². The quantitative estimate of drug-likeness (QED) is 0.606. The molecule has 2 nitrogen and oxygen atoms in total. The molecule has 0 fully saturated rings. The average molecular weight is 321 g/mol. The Labute approximate surface area is 137 Å². The Bertz CT molecular complexity index is 964. The number of hydrogen-bond acceptors (Lipinski definition) is 3. The number of halogens is 1. The van der Waals surface area contributed by atoms with Crippen molar-refractivity contribution in [2.75, 3.05) is 5.75 Å². The Morgan fingerprint density at radius 1 is 1.13 bits per heavy atom. The van der Waals surface area contributed by atoms with Gasteiger partial charge >= 0.3 is 0 Å². The second-order valence-electron chi connectivity index (χ2n) is 5.38. The average Bonchev–Trinajstić information content (AvgIpc) is 2.58. The van der Waals surface area contributed by atoms with Gasteiger partial charge in [-0.15, -0.1) is 11.8 Å². The number of fused-ring (bicyclic) bond motifs is 2. The van der Waals surface area contributed by atoms with Crippen LogP contribution in [0.4, 0.5) is 4.39 Å². The molecular formula is C19H12FNOS. The first-order chi connectivity index (χ1) is 11.2. The Kier molecular flexibility index (Phi) is 3.46. The van der Waals surface area contributed by atoms with E-state index in [2.05, 4.69) is 4.98 Å². The molecule has 0 aliphatic carbocycles. The molecule has 2 heterocycles. The van der Waals surface area contributed by atoms with E-state index in [9.17, 15) is 9.18 Å². The third-order valence-electron chi connectivity index (χ3n) is 3.83. The van der Waals surface area contributed by atoms with E-state index in [-0.39, 0.29) is 11.6 Å². The molecule has 0 radical (unpaired) electrons. The Morgan fingerprint density at radius 2 is 2.04 bits per heavy atom. The molecule has 0 saturated heterocycles. The van der Waals surface area contributed by atoms with E-state index in [1.165, 1.54) is 12.1 Å². The summed E-state index contributed by atoms with van der Waals surface area (Å²) < 4.78 is 13.4. The van der Waals surface area contributed by atoms with E-state index in [1.54, 1.807) is 24.0 Å². The molecule has 0 amide bonds. The first-order valence-electron chi connectivity index (χ1n) is 7.23. The van der Waals surface area contributed by atoms with E-state index in [0.717, 1.165) is 21.4 Å². The standard InChI is InChI=1S/C19H12FNOS/c20-15-4-6-18-16(10-15)19(22)14(11-23-18)9-12-3-5-17-13(8-12)2-1-7-21-17/h1-10H,11H2/b14-9-. The summed E-state index contributed by atoms with van der Waals surface area (Å²) in [5.41, 5.74) is 3.02. The highest BCUT2D eigenvalue weighted by Gasteiger charge is 2.22. The Balaban J connectivity index is 1.74. The number of thioether (sulfide) groups is 1. The maximum absolute atomic E-state index is 13.4. The zero-order valence-electron chi connectivity index (χ0n) is 12.1. The molecule has 0 atom stereocenters. The Hall–Kier alpha value is -2.46. The van der Waals surface area contributed by atoms with Gasteiger partial charge in [0.1, 0.15) is 5.82 Å². The number of benzene rings is 2. The lowest BCUT2D eigenvalue weighted by atomic mass is 10.0. The van der Waals surface area contributed by atoms with Gasteiger partial charge in [-0.1, -0.05) is 12.1 Å². The minimum atomic E-state index is -0.379. The van der Waals surface area contributed by atoms with Crippen LogP contribution >= 0.6 is 11.8 Å². The number of rotatable bonds is 1. The number of nitrogens with zero attached hydrogens (tertiary/aromatic N) is 1. The molecule has 4 heteroatoms. The van der Waals surface area contributed by atoms with Crippen LogP contribution in [-0.4, -0.2) is 16.5 Å². The molecule has 0 unspecified atom stereocenters. The second kappa shape index (κ2) is 5.63. The molecule has 23 heavy (non-hydrogen) atoms. The SMILES string of the molecule is O=C1/C(=C\c2ccc3ncccc3c2)CSc2ccc(F)cc21. The molecule has 0 spiro atoms. The minimum Gasteiger partial charge on any atom is -0.289 e. The van der Waals surface area contributed by atoms with E-state index in [0.29, 0.717) is 16.9 Å². The van der Waals surface area contributed by atoms with Crippen LogP contribution in [0.5, 0.6) is 0 Å². The number of carbonyl (C=O) groups excluding carboxylic acids is 1. The highest BCUT2D eigenvalue weighted by Crippen LogP contribution is 2.34. The van der Waals surface area contributed by atoms with E-state index < -0.39 is 0 Å². The fraction of sp³-hybridized carbons (Fsp3) is 0.0526. The zero-order valence-corrected chi connectivity index (χ0v) is 12.9. The number of carbonyl (C=O) groups is 1. The monoisotopic (exact) mass is 321 g/mol. The first-order valence-corrected chi connectivity index (χ1v) is 8.22. The van der Waals surface area contributed by atoms with Crippen LogP contribution in [0.3, 0.4) is 0 Å². The van der Waals surface area contributed by atoms with Crippen molar-refractivity contribution < 1.29 is 9.18 Å². The number of hydrogen-bond donors (Lipinski definition) is 0. The van der Waals surface area contributed by atoms with Crippen molar-refractivity contribution in [2.24, 2.45) is 0 Å². The fourth-order valence-corrected chi connectivity index (χ4v) is 3.69. The molecule has 1 aromatic heterocycles. The van der Waals surface area contributed by atoms with Crippen molar-refractivity contribution in [3.05, 3.63) is 77.2 Å². The van der Waals surface area contributed by atoms with Gasteiger partial charge < -0.3 is 0 Å². The normalized spacial score (nSPS) is 15.9. The second-order valence-corrected chi connectivity index (χ2v) is 6.40. The van der Waals surface area contributed by atoms with Crippen LogP contribution in [-0.2, 0) is 0 Å². The molecule has 112 valence electrons. The number of aromatic nitrogens is 1. The van der Waals surface area contributed by atoms with E-state index in [4.69, 9.17) is 0 Å². The van der Waals surface area contributed by atoms with Gasteiger partial charge in [-0.05, 0) is 48.0 Å². The molecule has 2 aromatic carbocycles. The van der Waals surface area contributed by atoms with Crippen molar-refractivity contribution in [1.82, 2.24) is 4.98 Å². The lowest BCUT2D eigenvalue weighted by Crippen LogP contribution is -2.12. The number of pyridine rings is 1. The highest BCUT2D eigenvalue weighted by molar-refractivity contribution is 7.99. The highest BCUT2D eigenvalue weighted by atomic mass is 32.2. The van der Waals surface area contributed by atoms with Crippen molar-refractivity contribution in [3.8, 4) is 0 Å². The third-order valence-corrected chi connectivity index (χ3v) is 4.95. The summed E-state index contributed by atoms with van der Waals surface area (Å²) in [6, 6.07) is 14.2. The van der Waals surface area contributed by atoms with Gasteiger partial charge in [-0.2, -0.15) is 0 Å². The number of ketones is 1. The zero-order chi connectivity index (χ0) is 15.8. The van der Waals surface area contributed by atoms with Crippen LogP contribution in [0, 0.1) is 5.82 Å². The minimum absolute atomic E-state index is 0.0930. The first kappa shape index (κ1) is 14.2. The van der Waals surface area contributed by atoms with Crippen molar-refractivity contribution in [3.63, 3.8) is 0 Å². The van der Waals surface area contributed by atoms with Gasteiger partial charge in [0.15, 0.2) is 5.78 Å². The lowest BCUT2D eigenvalue weighted by molar-refractivity contribution is 0.103. The number of Topliss-reactive ketones (excluding diaryl/α,β-unsaturated/α-hetero) is 1. The maximum Gasteiger partial charge on any atom is 0.191 e. The van der Waals surface area contributed by atoms with Crippen LogP contribution in [0.1, 0.15) is 15.9 Å². The lowest BCUT2D eigenvalue weighted by Gasteiger charge is -2.17. The third kappa shape index (κ3) is 2.66. The van der Waals surface area contributed by atoms with Gasteiger partial charge in [-0.25, -0.2) is 4.39 Å². The van der Waals surface area contributed by atoms with Crippen molar-refractivity contribution in [2.45, 2.75) is 4.90 Å². The molecule has 4 rings (SSSR count). The molecular weight excluding hydrogens is 309 g/mol. The smallest absolute Gasteiger partial charge is 0.191 e. The molecule has 1 aliphatic heterocycles. The summed E-state index contributed by atoms with van der Waals surface area (Å²) in [5.74, 6) is 0.128. The van der Waals surface area contributed by atoms with Crippen LogP contribution < -0.4 is 0 Å². The summed E-state index contributed by atoms with van der Waals surface area (Å²) in [6.07, 6.45) is 3.64. The summed E-state index contributed by atoms with van der Waals surface area (Å²) >= 11 is 1.56. The van der Waals surface area contributed by atoms with E-state index >= 15 is 0 Å². The van der Waals surface area contributed by atoms with Gasteiger partial charge in [0, 0.05) is 33.4 Å². The summed E-state index contributed by atoms with van der Waals surface area (Å²) in [6.45, 7) is 0. The summed E-state index contributed by atoms with van der Waals surface area (Å²) in [4.78, 5) is 17.7. The Morgan fingerprint density at radius 3 is 2.96 bits per heavy atom. The molecule has 0 saturated carbocycles. The van der Waals surface area contributed by atoms with Crippen LogP contribution in [0.2, 0.25) is 0 Å². The fourth-order valence-electron chi connectivity index (χ4n) is 2.69. The molecule has 3 aromatic rings. The van der Waals surface area contributed by atoms with Crippen LogP contribution in [0.25, 0.3) is 17.0 Å². The molecule has 0 bridgehead atoms. The largest absolute Gasteiger partial charge is 0.289 e. The molecule has 0 N–H and O–H groups in total. The van der Waals surface area contributed by atoms with Gasteiger partial charge in [0.05, 0.1) is 5.52 Å². The predicted octanol–water partition coefficient (Wildman–Crippen LogP) is 4.75. The van der Waals surface area contributed by atoms with Crippen molar-refractivity contribution in [1.29, 1.82) is 0 Å². The van der Waals surface area contributed by atoms with Gasteiger partial charge in [0.25, 0.3) is 0 Å². The maximum atomic E-state index is 13.4.